The predicted octanol–water partition coefficient (Wildman–Crippen LogP) is 7.15. The van der Waals surface area contributed by atoms with Gasteiger partial charge in [-0.3, -0.25) is 0 Å². The summed E-state index contributed by atoms with van der Waals surface area (Å²) in [5.74, 6) is 0. The summed E-state index contributed by atoms with van der Waals surface area (Å²) in [6.07, 6.45) is -2.63. The van der Waals surface area contributed by atoms with Gasteiger partial charge < -0.3 is 15.6 Å². The molecule has 0 bridgehead atoms. The van der Waals surface area contributed by atoms with Crippen molar-refractivity contribution in [2.45, 2.75) is 6.18 Å². The molecule has 3 N–H and O–H groups in total. The van der Waals surface area contributed by atoms with Crippen LogP contribution in [0.4, 0.5) is 29.3 Å². The van der Waals surface area contributed by atoms with Crippen LogP contribution in [0.2, 0.25) is 5.02 Å². The van der Waals surface area contributed by atoms with E-state index in [9.17, 15) is 18.0 Å². The Morgan fingerprint density at radius 3 is 2.27 bits per heavy atom. The van der Waals surface area contributed by atoms with Crippen LogP contribution in [0.3, 0.4) is 0 Å². The van der Waals surface area contributed by atoms with Crippen molar-refractivity contribution in [2.75, 3.05) is 10.6 Å². The van der Waals surface area contributed by atoms with Gasteiger partial charge in [-0.25, -0.2) is 4.79 Å². The van der Waals surface area contributed by atoms with E-state index in [0.717, 1.165) is 40.2 Å². The van der Waals surface area contributed by atoms with Crippen LogP contribution in [0, 0.1) is 0 Å². The second-order valence-corrected chi connectivity index (χ2v) is 7.00. The molecular weight excluding hydrogens is 415 g/mol. The molecule has 0 fully saturated rings. The molecule has 8 heteroatoms. The summed E-state index contributed by atoms with van der Waals surface area (Å²) in [4.78, 5) is 15.4. The molecule has 2 amide bonds. The number of rotatable bonds is 3. The van der Waals surface area contributed by atoms with Gasteiger partial charge in [-0.2, -0.15) is 13.2 Å². The molecule has 4 aromatic rings. The van der Waals surface area contributed by atoms with E-state index in [4.69, 9.17) is 11.6 Å². The average molecular weight is 430 g/mol. The van der Waals surface area contributed by atoms with Gasteiger partial charge >= 0.3 is 12.2 Å². The minimum absolute atomic E-state index is 0.154. The van der Waals surface area contributed by atoms with Gasteiger partial charge in [0.1, 0.15) is 0 Å². The molecule has 152 valence electrons. The molecule has 1 aromatic heterocycles. The molecule has 3 aromatic carbocycles. The van der Waals surface area contributed by atoms with Gasteiger partial charge in [-0.05, 0) is 42.0 Å². The molecule has 30 heavy (non-hydrogen) atoms. The smallest absolute Gasteiger partial charge is 0.361 e. The maximum Gasteiger partial charge on any atom is 0.417 e. The van der Waals surface area contributed by atoms with E-state index in [2.05, 4.69) is 15.6 Å². The zero-order valence-electron chi connectivity index (χ0n) is 15.3. The maximum atomic E-state index is 12.8. The van der Waals surface area contributed by atoms with Crippen LogP contribution < -0.4 is 10.6 Å². The normalized spacial score (nSPS) is 11.5. The number of alkyl halides is 3. The summed E-state index contributed by atoms with van der Waals surface area (Å²) in [7, 11) is 0. The minimum Gasteiger partial charge on any atom is -0.361 e. The van der Waals surface area contributed by atoms with Crippen LogP contribution in [-0.4, -0.2) is 11.0 Å². The van der Waals surface area contributed by atoms with Gasteiger partial charge in [0.15, 0.2) is 0 Å². The first kappa shape index (κ1) is 19.8. The molecule has 0 unspecified atom stereocenters. The Bertz CT molecular complexity index is 1220. The lowest BCUT2D eigenvalue weighted by molar-refractivity contribution is -0.137. The molecule has 0 aliphatic heterocycles. The molecule has 0 saturated heterocycles. The molecule has 0 atom stereocenters. The number of carbonyl (C=O) groups is 1. The summed E-state index contributed by atoms with van der Waals surface area (Å²) in [5.41, 5.74) is 2.79. The fourth-order valence-electron chi connectivity index (χ4n) is 3.16. The van der Waals surface area contributed by atoms with Crippen LogP contribution in [0.1, 0.15) is 5.56 Å². The van der Waals surface area contributed by atoms with Crippen molar-refractivity contribution in [1.82, 2.24) is 4.98 Å². The SMILES string of the molecule is O=C(Nc1ccc(-c2c[nH]c3ccccc23)cc1)Nc1ccc(C(F)(F)F)c(Cl)c1. The molecule has 4 rings (SSSR count). The van der Waals surface area contributed by atoms with Crippen LogP contribution in [0.25, 0.3) is 22.0 Å². The van der Waals surface area contributed by atoms with Gasteiger partial charge in [0.2, 0.25) is 0 Å². The molecule has 4 nitrogen and oxygen atoms in total. The standard InChI is InChI=1S/C22H15ClF3N3O/c23-19-11-15(9-10-18(19)22(24,25)26)29-21(30)28-14-7-5-13(6-8-14)17-12-27-20-4-2-1-3-16(17)20/h1-12,27H,(H2,28,29,30). The van der Waals surface area contributed by atoms with E-state index < -0.39 is 22.8 Å². The molecule has 0 radical (unpaired) electrons. The van der Waals surface area contributed by atoms with Crippen molar-refractivity contribution >= 4 is 39.9 Å². The second kappa shape index (κ2) is 7.76. The number of aromatic nitrogens is 1. The molecule has 1 heterocycles. The third-order valence-electron chi connectivity index (χ3n) is 4.58. The number of amides is 2. The summed E-state index contributed by atoms with van der Waals surface area (Å²) in [6, 6.07) is 17.6. The quantitative estimate of drug-likeness (QED) is 0.318. The Balaban J connectivity index is 1.45. The number of carbonyl (C=O) groups excluding carboxylic acids is 1. The monoisotopic (exact) mass is 429 g/mol. The van der Waals surface area contributed by atoms with Gasteiger partial charge in [-0.1, -0.05) is 41.9 Å². The lowest BCUT2D eigenvalue weighted by Gasteiger charge is -2.12. The van der Waals surface area contributed by atoms with Crippen molar-refractivity contribution in [2.24, 2.45) is 0 Å². The van der Waals surface area contributed by atoms with Gasteiger partial charge in [0.25, 0.3) is 0 Å². The number of halogens is 4. The number of H-pyrrole nitrogens is 1. The highest BCUT2D eigenvalue weighted by molar-refractivity contribution is 6.31. The number of hydrogen-bond acceptors (Lipinski definition) is 1. The number of fused-ring (bicyclic) bond motifs is 1. The summed E-state index contributed by atoms with van der Waals surface area (Å²) < 4.78 is 38.3. The van der Waals surface area contributed by atoms with E-state index in [-0.39, 0.29) is 5.69 Å². The zero-order chi connectivity index (χ0) is 21.3. The van der Waals surface area contributed by atoms with Crippen molar-refractivity contribution < 1.29 is 18.0 Å². The number of benzene rings is 3. The summed E-state index contributed by atoms with van der Waals surface area (Å²) in [6.45, 7) is 0. The van der Waals surface area contributed by atoms with E-state index in [1.807, 2.05) is 42.6 Å². The third-order valence-corrected chi connectivity index (χ3v) is 4.89. The molecular formula is C22H15ClF3N3O. The summed E-state index contributed by atoms with van der Waals surface area (Å²) >= 11 is 5.67. The Morgan fingerprint density at radius 1 is 0.900 bits per heavy atom. The number of aromatic amines is 1. The van der Waals surface area contributed by atoms with Crippen LogP contribution in [-0.2, 0) is 6.18 Å². The lowest BCUT2D eigenvalue weighted by Crippen LogP contribution is -2.19. The second-order valence-electron chi connectivity index (χ2n) is 6.60. The largest absolute Gasteiger partial charge is 0.417 e. The highest BCUT2D eigenvalue weighted by atomic mass is 35.5. The fraction of sp³-hybridized carbons (Fsp3) is 0.0455. The van der Waals surface area contributed by atoms with Crippen molar-refractivity contribution in [3.63, 3.8) is 0 Å². The Kier molecular flexibility index (Phi) is 5.13. The predicted molar refractivity (Wildman–Crippen MR) is 113 cm³/mol. The maximum absolute atomic E-state index is 12.8. The lowest BCUT2D eigenvalue weighted by atomic mass is 10.0. The highest BCUT2D eigenvalue weighted by Crippen LogP contribution is 2.36. The number of nitrogens with one attached hydrogen (secondary N) is 3. The van der Waals surface area contributed by atoms with E-state index in [1.165, 1.54) is 0 Å². The van der Waals surface area contributed by atoms with E-state index >= 15 is 0 Å². The van der Waals surface area contributed by atoms with Gasteiger partial charge in [-0.15, -0.1) is 0 Å². The zero-order valence-corrected chi connectivity index (χ0v) is 16.1. The Hall–Kier alpha value is -3.45. The van der Waals surface area contributed by atoms with Gasteiger partial charge in [0, 0.05) is 34.0 Å². The van der Waals surface area contributed by atoms with Crippen molar-refractivity contribution in [3.05, 3.63) is 83.5 Å². The van der Waals surface area contributed by atoms with Gasteiger partial charge in [0.05, 0.1) is 10.6 Å². The van der Waals surface area contributed by atoms with E-state index in [1.54, 1.807) is 12.1 Å². The number of urea groups is 1. The third kappa shape index (κ3) is 4.11. The summed E-state index contributed by atoms with van der Waals surface area (Å²) in [5, 5.41) is 5.72. The number of anilines is 2. The first-order valence-corrected chi connectivity index (χ1v) is 9.30. The first-order valence-electron chi connectivity index (χ1n) is 8.92. The number of para-hydroxylation sites is 1. The fourth-order valence-corrected chi connectivity index (χ4v) is 3.45. The molecule has 0 aliphatic rings. The number of hydrogen-bond donors (Lipinski definition) is 3. The highest BCUT2D eigenvalue weighted by Gasteiger charge is 2.33. The first-order chi connectivity index (χ1) is 14.3. The van der Waals surface area contributed by atoms with Crippen LogP contribution >= 0.6 is 11.6 Å². The average Bonchev–Trinajstić information content (AvgIpc) is 3.12. The Morgan fingerprint density at radius 2 is 1.57 bits per heavy atom. The minimum atomic E-state index is -4.55. The van der Waals surface area contributed by atoms with E-state index in [0.29, 0.717) is 5.69 Å². The van der Waals surface area contributed by atoms with Crippen LogP contribution in [0.5, 0.6) is 0 Å². The van der Waals surface area contributed by atoms with Crippen LogP contribution in [0.15, 0.2) is 72.9 Å². The Labute approximate surface area is 174 Å². The molecule has 0 aliphatic carbocycles. The van der Waals surface area contributed by atoms with Crippen molar-refractivity contribution in [3.8, 4) is 11.1 Å². The topological polar surface area (TPSA) is 56.9 Å². The molecule has 0 saturated carbocycles. The molecule has 0 spiro atoms. The van der Waals surface area contributed by atoms with Crippen molar-refractivity contribution in [1.29, 1.82) is 0 Å².